The number of hydrogen-bond acceptors (Lipinski definition) is 12. The number of carbonyl (C=O) groups is 2. The van der Waals surface area contributed by atoms with Gasteiger partial charge in [-0.3, -0.25) is 10.4 Å². The van der Waals surface area contributed by atoms with Gasteiger partial charge in [0.25, 0.3) is 0 Å². The van der Waals surface area contributed by atoms with E-state index in [-0.39, 0.29) is 44.9 Å². The van der Waals surface area contributed by atoms with Crippen LogP contribution in [-0.4, -0.2) is 83.2 Å². The Bertz CT molecular complexity index is 1680. The standard InChI is InChI=1S/C38H45N5O9/c1-2-3-17-47-29-13-9-26(10-14-29)19-33(41-37(45)52-35-24-49-36-31(35)15-18-48-36)34(44)22-43(42-38(46)50-23-30-20-39-25-51-30)21-27-7-11-28(12-8-27)32-6-4-5-16-40-32/h4-14,16,20,25,31,33-36,44H,2-3,15,17-19,21-24H2,1H3,(H,41,45)(H,42,46)/t31-,33-,34-,35-,36+/m0/s1. The molecule has 2 fully saturated rings. The fraction of sp³-hybridized carbons (Fsp3) is 0.421. The number of fused-ring (bicyclic) bond motifs is 1. The summed E-state index contributed by atoms with van der Waals surface area (Å²) in [5.41, 5.74) is 6.21. The first-order valence-corrected chi connectivity index (χ1v) is 17.6. The lowest BCUT2D eigenvalue weighted by atomic mass is 10.0. The minimum absolute atomic E-state index is 0.0406. The Labute approximate surface area is 302 Å². The molecular formula is C38H45N5O9. The van der Waals surface area contributed by atoms with Crippen molar-refractivity contribution in [3.63, 3.8) is 0 Å². The number of hydrazine groups is 1. The summed E-state index contributed by atoms with van der Waals surface area (Å²) in [7, 11) is 0. The molecule has 2 saturated heterocycles. The van der Waals surface area contributed by atoms with Gasteiger partial charge in [-0.1, -0.05) is 55.8 Å². The second kappa shape index (κ2) is 18.5. The molecule has 14 nitrogen and oxygen atoms in total. The van der Waals surface area contributed by atoms with E-state index in [1.165, 1.54) is 12.6 Å². The molecular weight excluding hydrogens is 670 g/mol. The summed E-state index contributed by atoms with van der Waals surface area (Å²) in [4.78, 5) is 34.5. The summed E-state index contributed by atoms with van der Waals surface area (Å²) in [6.45, 7) is 3.51. The molecule has 2 aromatic carbocycles. The summed E-state index contributed by atoms with van der Waals surface area (Å²) in [6.07, 6.45) is 3.98. The number of ether oxygens (including phenoxy) is 5. The number of pyridine rings is 1. The highest BCUT2D eigenvalue weighted by Gasteiger charge is 2.44. The number of hydrogen-bond donors (Lipinski definition) is 3. The number of rotatable bonds is 17. The third-order valence-electron chi connectivity index (χ3n) is 8.93. The van der Waals surface area contributed by atoms with Gasteiger partial charge in [0.1, 0.15) is 11.9 Å². The predicted molar refractivity (Wildman–Crippen MR) is 187 cm³/mol. The van der Waals surface area contributed by atoms with Crippen LogP contribution in [0.25, 0.3) is 11.3 Å². The Morgan fingerprint density at radius 1 is 1.04 bits per heavy atom. The van der Waals surface area contributed by atoms with Gasteiger partial charge in [-0.15, -0.1) is 0 Å². The van der Waals surface area contributed by atoms with E-state index in [0.29, 0.717) is 19.0 Å². The van der Waals surface area contributed by atoms with Crippen molar-refractivity contribution in [2.75, 3.05) is 26.4 Å². The summed E-state index contributed by atoms with van der Waals surface area (Å²) < 4.78 is 33.4. The van der Waals surface area contributed by atoms with E-state index in [9.17, 15) is 14.7 Å². The molecule has 14 heteroatoms. The second-order valence-electron chi connectivity index (χ2n) is 12.8. The monoisotopic (exact) mass is 715 g/mol. The molecule has 0 unspecified atom stereocenters. The minimum atomic E-state index is -1.17. The second-order valence-corrected chi connectivity index (χ2v) is 12.8. The molecule has 0 bridgehead atoms. The molecule has 0 radical (unpaired) electrons. The molecule has 52 heavy (non-hydrogen) atoms. The molecule has 276 valence electrons. The summed E-state index contributed by atoms with van der Waals surface area (Å²) in [5, 5.41) is 16.2. The fourth-order valence-electron chi connectivity index (χ4n) is 6.11. The molecule has 3 N–H and O–H groups in total. The summed E-state index contributed by atoms with van der Waals surface area (Å²) in [5.74, 6) is 1.07. The first kappa shape index (κ1) is 36.8. The third-order valence-corrected chi connectivity index (χ3v) is 8.93. The largest absolute Gasteiger partial charge is 0.494 e. The molecule has 6 rings (SSSR count). The van der Waals surface area contributed by atoms with E-state index in [1.54, 1.807) is 11.2 Å². The van der Waals surface area contributed by atoms with Gasteiger partial charge in [0.05, 0.1) is 49.8 Å². The number of amides is 2. The van der Waals surface area contributed by atoms with Crippen LogP contribution < -0.4 is 15.5 Å². The Morgan fingerprint density at radius 2 is 1.87 bits per heavy atom. The zero-order valence-electron chi connectivity index (χ0n) is 29.1. The van der Waals surface area contributed by atoms with Crippen LogP contribution in [-0.2, 0) is 38.5 Å². The van der Waals surface area contributed by atoms with E-state index < -0.39 is 30.4 Å². The van der Waals surface area contributed by atoms with Crippen molar-refractivity contribution in [2.45, 2.75) is 70.3 Å². The van der Waals surface area contributed by atoms with Crippen LogP contribution in [0.2, 0.25) is 0 Å². The quantitative estimate of drug-likeness (QED) is 0.0989. The van der Waals surface area contributed by atoms with Gasteiger partial charge in [0.15, 0.2) is 25.1 Å². The van der Waals surface area contributed by atoms with Crippen LogP contribution in [0.3, 0.4) is 0 Å². The lowest BCUT2D eigenvalue weighted by Gasteiger charge is -2.30. The molecule has 0 saturated carbocycles. The number of aliphatic hydroxyl groups is 1. The first-order chi connectivity index (χ1) is 25.4. The number of benzene rings is 2. The number of unbranched alkanes of at least 4 members (excludes halogenated alkanes) is 1. The molecule has 0 spiro atoms. The summed E-state index contributed by atoms with van der Waals surface area (Å²) in [6, 6.07) is 20.2. The molecule has 4 aromatic rings. The van der Waals surface area contributed by atoms with Gasteiger partial charge in [-0.2, -0.15) is 0 Å². The number of aromatic nitrogens is 2. The number of nitrogens with zero attached hydrogens (tertiary/aromatic N) is 3. The zero-order valence-corrected chi connectivity index (χ0v) is 29.1. The van der Waals surface area contributed by atoms with Crippen molar-refractivity contribution in [1.29, 1.82) is 0 Å². The van der Waals surface area contributed by atoms with Crippen LogP contribution in [0.4, 0.5) is 9.59 Å². The van der Waals surface area contributed by atoms with Crippen LogP contribution in [0.5, 0.6) is 5.75 Å². The van der Waals surface area contributed by atoms with Crippen LogP contribution in [0, 0.1) is 5.92 Å². The van der Waals surface area contributed by atoms with E-state index in [1.807, 2.05) is 66.7 Å². The molecule has 2 aliphatic rings. The maximum absolute atomic E-state index is 13.3. The molecule has 5 atom stereocenters. The molecule has 2 amide bonds. The minimum Gasteiger partial charge on any atom is -0.494 e. The fourth-order valence-corrected chi connectivity index (χ4v) is 6.11. The smallest absolute Gasteiger partial charge is 0.422 e. The zero-order chi connectivity index (χ0) is 36.1. The van der Waals surface area contributed by atoms with Crippen molar-refractivity contribution < 1.29 is 42.8 Å². The van der Waals surface area contributed by atoms with E-state index >= 15 is 0 Å². The molecule has 2 aliphatic heterocycles. The Balaban J connectivity index is 1.16. The SMILES string of the molecule is CCCCOc1ccc(C[C@H](NC(=O)O[C@H]2CO[C@H]3OCC[C@H]32)[C@@H](O)CN(Cc2ccc(-c3ccccn3)cc2)NC(=O)OCc2cnco2)cc1. The Kier molecular flexibility index (Phi) is 13.1. The van der Waals surface area contributed by atoms with Crippen molar-refractivity contribution in [1.82, 2.24) is 25.7 Å². The average molecular weight is 716 g/mol. The van der Waals surface area contributed by atoms with Crippen molar-refractivity contribution >= 4 is 12.2 Å². The number of oxazole rings is 1. The van der Waals surface area contributed by atoms with Gasteiger partial charge in [-0.25, -0.2) is 19.6 Å². The van der Waals surface area contributed by atoms with Gasteiger partial charge in [0.2, 0.25) is 0 Å². The maximum atomic E-state index is 13.3. The number of nitrogens with one attached hydrogen (secondary N) is 2. The van der Waals surface area contributed by atoms with Gasteiger partial charge >= 0.3 is 12.2 Å². The van der Waals surface area contributed by atoms with Crippen molar-refractivity contribution in [3.05, 3.63) is 102 Å². The lowest BCUT2D eigenvalue weighted by Crippen LogP contribution is -2.53. The number of alkyl carbamates (subject to hydrolysis) is 1. The highest BCUT2D eigenvalue weighted by atomic mass is 16.7. The highest BCUT2D eigenvalue weighted by molar-refractivity contribution is 5.68. The molecule has 2 aromatic heterocycles. The van der Waals surface area contributed by atoms with Crippen LogP contribution >= 0.6 is 0 Å². The van der Waals surface area contributed by atoms with E-state index in [4.69, 9.17) is 28.1 Å². The van der Waals surface area contributed by atoms with Gasteiger partial charge in [-0.05, 0) is 54.7 Å². The predicted octanol–water partition coefficient (Wildman–Crippen LogP) is 5.02. The molecule has 0 aliphatic carbocycles. The summed E-state index contributed by atoms with van der Waals surface area (Å²) >= 11 is 0. The molecule has 4 heterocycles. The topological polar surface area (TPSA) is 167 Å². The normalized spacial score (nSPS) is 19.1. The third kappa shape index (κ3) is 10.5. The number of carbonyl (C=O) groups excluding carboxylic acids is 2. The van der Waals surface area contributed by atoms with Crippen molar-refractivity contribution in [3.8, 4) is 17.0 Å². The first-order valence-electron chi connectivity index (χ1n) is 17.6. The van der Waals surface area contributed by atoms with Gasteiger partial charge < -0.3 is 38.5 Å². The number of aliphatic hydroxyl groups excluding tert-OH is 1. The lowest BCUT2D eigenvalue weighted by molar-refractivity contribution is -0.0907. The van der Waals surface area contributed by atoms with E-state index in [2.05, 4.69) is 27.6 Å². The van der Waals surface area contributed by atoms with Crippen LogP contribution in [0.15, 0.2) is 89.9 Å². The highest BCUT2D eigenvalue weighted by Crippen LogP contribution is 2.33. The van der Waals surface area contributed by atoms with Gasteiger partial charge in [0, 0.05) is 24.8 Å². The Hall–Kier alpha value is -5.02. The maximum Gasteiger partial charge on any atom is 0.422 e. The van der Waals surface area contributed by atoms with Crippen molar-refractivity contribution in [2.24, 2.45) is 5.92 Å². The van der Waals surface area contributed by atoms with E-state index in [0.717, 1.165) is 47.4 Å². The Morgan fingerprint density at radius 3 is 2.62 bits per heavy atom. The van der Waals surface area contributed by atoms with Crippen LogP contribution in [0.1, 0.15) is 43.1 Å². The average Bonchev–Trinajstić information content (AvgIpc) is 3.93.